The number of anilines is 1. The standard InChI is InChI=1S/C12H12ClN3OS/c1-7(2)9-6-18-12(15-9)16-11(17)8-3-4-10(13)14-5-8/h3-7H,1-2H3,(H,15,16,17). The molecule has 94 valence electrons. The molecular formula is C12H12ClN3OS. The molecule has 2 heterocycles. The maximum Gasteiger partial charge on any atom is 0.259 e. The molecule has 0 aliphatic heterocycles. The SMILES string of the molecule is CC(C)c1csc(NC(=O)c2ccc(Cl)nc2)n1. The highest BCUT2D eigenvalue weighted by Crippen LogP contribution is 2.21. The largest absolute Gasteiger partial charge is 0.298 e. The monoisotopic (exact) mass is 281 g/mol. The second-order valence-electron chi connectivity index (χ2n) is 4.06. The minimum atomic E-state index is -0.233. The molecule has 0 bridgehead atoms. The van der Waals surface area contributed by atoms with Crippen LogP contribution in [0.25, 0.3) is 0 Å². The van der Waals surface area contributed by atoms with Gasteiger partial charge in [0, 0.05) is 11.6 Å². The van der Waals surface area contributed by atoms with E-state index in [1.165, 1.54) is 17.5 Å². The highest BCUT2D eigenvalue weighted by Gasteiger charge is 2.10. The highest BCUT2D eigenvalue weighted by molar-refractivity contribution is 7.14. The molecule has 0 saturated heterocycles. The van der Waals surface area contributed by atoms with Gasteiger partial charge in [-0.05, 0) is 18.1 Å². The molecule has 0 atom stereocenters. The number of pyridine rings is 1. The number of thiazole rings is 1. The normalized spacial score (nSPS) is 10.7. The van der Waals surface area contributed by atoms with E-state index in [4.69, 9.17) is 11.6 Å². The van der Waals surface area contributed by atoms with Crippen molar-refractivity contribution >= 4 is 34.0 Å². The van der Waals surface area contributed by atoms with Crippen molar-refractivity contribution in [1.82, 2.24) is 9.97 Å². The van der Waals surface area contributed by atoms with E-state index in [9.17, 15) is 4.79 Å². The molecule has 18 heavy (non-hydrogen) atoms. The van der Waals surface area contributed by atoms with E-state index in [-0.39, 0.29) is 5.91 Å². The fourth-order valence-corrected chi connectivity index (χ4v) is 2.27. The van der Waals surface area contributed by atoms with Gasteiger partial charge in [0.25, 0.3) is 5.91 Å². The summed E-state index contributed by atoms with van der Waals surface area (Å²) in [6, 6.07) is 3.21. The third-order valence-corrected chi connectivity index (χ3v) is 3.32. The Morgan fingerprint density at radius 3 is 2.78 bits per heavy atom. The van der Waals surface area contributed by atoms with Crippen molar-refractivity contribution in [3.05, 3.63) is 40.1 Å². The fraction of sp³-hybridized carbons (Fsp3) is 0.250. The number of aromatic nitrogens is 2. The van der Waals surface area contributed by atoms with Crippen LogP contribution in [-0.2, 0) is 0 Å². The molecule has 2 aromatic heterocycles. The van der Waals surface area contributed by atoms with Crippen LogP contribution in [0.3, 0.4) is 0 Å². The summed E-state index contributed by atoms with van der Waals surface area (Å²) >= 11 is 7.08. The van der Waals surface area contributed by atoms with Crippen molar-refractivity contribution < 1.29 is 4.79 Å². The molecular weight excluding hydrogens is 270 g/mol. The second kappa shape index (κ2) is 5.46. The van der Waals surface area contributed by atoms with Crippen molar-refractivity contribution in [2.24, 2.45) is 0 Å². The molecule has 0 radical (unpaired) electrons. The first-order chi connectivity index (χ1) is 8.56. The minimum absolute atomic E-state index is 0.233. The van der Waals surface area contributed by atoms with E-state index >= 15 is 0 Å². The predicted octanol–water partition coefficient (Wildman–Crippen LogP) is 3.57. The van der Waals surface area contributed by atoms with Crippen LogP contribution in [0.4, 0.5) is 5.13 Å². The molecule has 1 N–H and O–H groups in total. The Balaban J connectivity index is 2.08. The molecule has 4 nitrogen and oxygen atoms in total. The molecule has 0 unspecified atom stereocenters. The number of carbonyl (C=O) groups excluding carboxylic acids is 1. The van der Waals surface area contributed by atoms with Gasteiger partial charge in [-0.25, -0.2) is 9.97 Å². The van der Waals surface area contributed by atoms with Crippen molar-refractivity contribution in [3.63, 3.8) is 0 Å². The first-order valence-electron chi connectivity index (χ1n) is 5.44. The van der Waals surface area contributed by atoms with Gasteiger partial charge in [-0.3, -0.25) is 10.1 Å². The Bertz CT molecular complexity index is 551. The first-order valence-corrected chi connectivity index (χ1v) is 6.70. The lowest BCUT2D eigenvalue weighted by Crippen LogP contribution is -2.12. The quantitative estimate of drug-likeness (QED) is 0.875. The summed E-state index contributed by atoms with van der Waals surface area (Å²) in [6.45, 7) is 4.12. The number of rotatable bonds is 3. The number of carbonyl (C=O) groups is 1. The Kier molecular flexibility index (Phi) is 3.93. The second-order valence-corrected chi connectivity index (χ2v) is 5.30. The lowest BCUT2D eigenvalue weighted by atomic mass is 10.2. The number of amides is 1. The van der Waals surface area contributed by atoms with Crippen LogP contribution in [0.15, 0.2) is 23.7 Å². The smallest absolute Gasteiger partial charge is 0.259 e. The minimum Gasteiger partial charge on any atom is -0.298 e. The van der Waals surface area contributed by atoms with Crippen molar-refractivity contribution in [2.75, 3.05) is 5.32 Å². The summed E-state index contributed by atoms with van der Waals surface area (Å²) in [5, 5.41) is 5.64. The van der Waals surface area contributed by atoms with Crippen LogP contribution in [0.1, 0.15) is 35.8 Å². The van der Waals surface area contributed by atoms with E-state index in [2.05, 4.69) is 29.1 Å². The van der Waals surface area contributed by atoms with Crippen LogP contribution in [0, 0.1) is 0 Å². The maximum atomic E-state index is 11.9. The number of hydrogen-bond donors (Lipinski definition) is 1. The van der Waals surface area contributed by atoms with Gasteiger partial charge < -0.3 is 0 Å². The van der Waals surface area contributed by atoms with E-state index < -0.39 is 0 Å². The zero-order chi connectivity index (χ0) is 13.1. The fourth-order valence-electron chi connectivity index (χ4n) is 1.29. The Morgan fingerprint density at radius 1 is 1.44 bits per heavy atom. The van der Waals surface area contributed by atoms with Crippen molar-refractivity contribution in [1.29, 1.82) is 0 Å². The van der Waals surface area contributed by atoms with Gasteiger partial charge in [-0.1, -0.05) is 25.4 Å². The molecule has 1 amide bonds. The average Bonchev–Trinajstić information content (AvgIpc) is 2.78. The van der Waals surface area contributed by atoms with Crippen LogP contribution >= 0.6 is 22.9 Å². The van der Waals surface area contributed by atoms with E-state index in [0.29, 0.717) is 21.8 Å². The first kappa shape index (κ1) is 13.0. The molecule has 2 aromatic rings. The third kappa shape index (κ3) is 3.05. The van der Waals surface area contributed by atoms with Gasteiger partial charge in [-0.2, -0.15) is 0 Å². The highest BCUT2D eigenvalue weighted by atomic mass is 35.5. The number of hydrogen-bond acceptors (Lipinski definition) is 4. The summed E-state index contributed by atoms with van der Waals surface area (Å²) in [4.78, 5) is 20.1. The van der Waals surface area contributed by atoms with Crippen LogP contribution < -0.4 is 5.32 Å². The van der Waals surface area contributed by atoms with Crippen molar-refractivity contribution in [3.8, 4) is 0 Å². The molecule has 0 spiro atoms. The zero-order valence-corrected chi connectivity index (χ0v) is 11.5. The van der Waals surface area contributed by atoms with Crippen LogP contribution in [0.5, 0.6) is 0 Å². The average molecular weight is 282 g/mol. The Morgan fingerprint density at radius 2 is 2.22 bits per heavy atom. The van der Waals surface area contributed by atoms with E-state index in [0.717, 1.165) is 5.69 Å². The molecule has 6 heteroatoms. The van der Waals surface area contributed by atoms with Crippen LogP contribution in [0.2, 0.25) is 5.15 Å². The van der Waals surface area contributed by atoms with Gasteiger partial charge in [-0.15, -0.1) is 11.3 Å². The van der Waals surface area contributed by atoms with Crippen molar-refractivity contribution in [2.45, 2.75) is 19.8 Å². The summed E-state index contributed by atoms with van der Waals surface area (Å²) in [5.41, 5.74) is 1.44. The van der Waals surface area contributed by atoms with Gasteiger partial charge in [0.2, 0.25) is 0 Å². The van der Waals surface area contributed by atoms with Gasteiger partial charge in [0.15, 0.2) is 5.13 Å². The summed E-state index contributed by atoms with van der Waals surface area (Å²) < 4.78 is 0. The zero-order valence-electron chi connectivity index (χ0n) is 9.98. The summed E-state index contributed by atoms with van der Waals surface area (Å²) in [5.74, 6) is 0.118. The topological polar surface area (TPSA) is 54.9 Å². The lowest BCUT2D eigenvalue weighted by Gasteiger charge is -2.01. The predicted molar refractivity (Wildman–Crippen MR) is 73.4 cm³/mol. The number of halogens is 1. The molecule has 0 aliphatic carbocycles. The molecule has 2 rings (SSSR count). The Hall–Kier alpha value is -1.46. The lowest BCUT2D eigenvalue weighted by molar-refractivity contribution is 0.102. The van der Waals surface area contributed by atoms with E-state index in [1.807, 2.05) is 5.38 Å². The third-order valence-electron chi connectivity index (χ3n) is 2.32. The van der Waals surface area contributed by atoms with Gasteiger partial charge in [0.05, 0.1) is 11.3 Å². The summed E-state index contributed by atoms with van der Waals surface area (Å²) in [7, 11) is 0. The van der Waals surface area contributed by atoms with Gasteiger partial charge >= 0.3 is 0 Å². The Labute approximate surface area is 114 Å². The molecule has 0 aromatic carbocycles. The number of nitrogens with one attached hydrogen (secondary N) is 1. The number of nitrogens with zero attached hydrogens (tertiary/aromatic N) is 2. The van der Waals surface area contributed by atoms with Crippen LogP contribution in [-0.4, -0.2) is 15.9 Å². The molecule has 0 saturated carbocycles. The summed E-state index contributed by atoms with van der Waals surface area (Å²) in [6.07, 6.45) is 1.44. The maximum absolute atomic E-state index is 11.9. The molecule has 0 aliphatic rings. The van der Waals surface area contributed by atoms with E-state index in [1.54, 1.807) is 12.1 Å². The van der Waals surface area contributed by atoms with Gasteiger partial charge in [0.1, 0.15) is 5.15 Å². The molecule has 0 fully saturated rings.